The van der Waals surface area contributed by atoms with Crippen molar-refractivity contribution >= 4 is 21.9 Å². The molecule has 0 unspecified atom stereocenters. The van der Waals surface area contributed by atoms with Gasteiger partial charge in [-0.3, -0.25) is 0 Å². The Balaban J connectivity index is 2.68. The number of aromatic nitrogens is 4. The van der Waals surface area contributed by atoms with Crippen LogP contribution in [0.3, 0.4) is 0 Å². The highest BCUT2D eigenvalue weighted by Gasteiger charge is 2.11. The van der Waals surface area contributed by atoms with Gasteiger partial charge < -0.3 is 5.73 Å². The van der Waals surface area contributed by atoms with Gasteiger partial charge in [0.05, 0.1) is 5.69 Å². The van der Waals surface area contributed by atoms with E-state index in [0.717, 1.165) is 15.7 Å². The van der Waals surface area contributed by atoms with Gasteiger partial charge in [-0.15, -0.1) is 0 Å². The number of halogens is 1. The minimum atomic E-state index is 0.280. The second-order valence-electron chi connectivity index (χ2n) is 3.36. The summed E-state index contributed by atoms with van der Waals surface area (Å²) >= 11 is 3.48. The zero-order valence-electron chi connectivity index (χ0n) is 8.40. The van der Waals surface area contributed by atoms with Crippen molar-refractivity contribution < 1.29 is 0 Å². The molecule has 1 aromatic heterocycles. The predicted octanol–water partition coefficient (Wildman–Crippen LogP) is 1.62. The van der Waals surface area contributed by atoms with E-state index in [-0.39, 0.29) is 5.95 Å². The molecule has 0 saturated carbocycles. The number of aryl methyl sites for hydroxylation is 2. The summed E-state index contributed by atoms with van der Waals surface area (Å²) in [6, 6.07) is 4.06. The van der Waals surface area contributed by atoms with Crippen molar-refractivity contribution in [2.75, 3.05) is 5.73 Å². The Bertz CT molecular complexity index is 482. The first-order chi connectivity index (χ1) is 7.09. The molecule has 0 spiro atoms. The van der Waals surface area contributed by atoms with Gasteiger partial charge in [0.15, 0.2) is 0 Å². The third-order valence-electron chi connectivity index (χ3n) is 2.10. The molecule has 1 heterocycles. The summed E-state index contributed by atoms with van der Waals surface area (Å²) in [7, 11) is 0. The second-order valence-corrected chi connectivity index (χ2v) is 4.22. The molecule has 2 N–H and O–H groups in total. The molecule has 0 radical (unpaired) electrons. The Labute approximate surface area is 95.4 Å². The molecule has 6 heteroatoms. The molecule has 0 atom stereocenters. The van der Waals surface area contributed by atoms with Crippen molar-refractivity contribution in [3.63, 3.8) is 0 Å². The highest BCUT2D eigenvalue weighted by Crippen LogP contribution is 2.26. The van der Waals surface area contributed by atoms with Crippen LogP contribution in [0.25, 0.3) is 5.69 Å². The van der Waals surface area contributed by atoms with Gasteiger partial charge in [-0.25, -0.2) is 0 Å². The van der Waals surface area contributed by atoms with Crippen molar-refractivity contribution in [3.8, 4) is 5.69 Å². The number of nitrogen functional groups attached to an aromatic ring is 1. The molecular formula is C9H10BrN5. The van der Waals surface area contributed by atoms with E-state index in [1.54, 1.807) is 0 Å². The lowest BCUT2D eigenvalue weighted by molar-refractivity contribution is 0.785. The first kappa shape index (κ1) is 10.1. The Kier molecular flexibility index (Phi) is 2.44. The lowest BCUT2D eigenvalue weighted by Gasteiger charge is -2.09. The average molecular weight is 268 g/mol. The molecule has 0 fully saturated rings. The normalized spacial score (nSPS) is 10.6. The summed E-state index contributed by atoms with van der Waals surface area (Å²) in [6.07, 6.45) is 0. The number of hydrogen-bond donors (Lipinski definition) is 1. The van der Waals surface area contributed by atoms with Gasteiger partial charge in [0.2, 0.25) is 5.95 Å². The van der Waals surface area contributed by atoms with Crippen molar-refractivity contribution in [2.24, 2.45) is 0 Å². The molecule has 0 aliphatic rings. The van der Waals surface area contributed by atoms with Crippen LogP contribution < -0.4 is 5.73 Å². The Morgan fingerprint density at radius 1 is 1.33 bits per heavy atom. The van der Waals surface area contributed by atoms with Crippen LogP contribution in [0, 0.1) is 13.8 Å². The number of anilines is 1. The zero-order valence-corrected chi connectivity index (χ0v) is 9.98. The van der Waals surface area contributed by atoms with E-state index in [4.69, 9.17) is 5.73 Å². The number of nitrogens with two attached hydrogens (primary N) is 1. The van der Waals surface area contributed by atoms with Gasteiger partial charge in [0.25, 0.3) is 0 Å². The Hall–Kier alpha value is -1.43. The maximum Gasteiger partial charge on any atom is 0.245 e. The average Bonchev–Trinajstić information content (AvgIpc) is 2.50. The van der Waals surface area contributed by atoms with E-state index in [2.05, 4.69) is 37.5 Å². The molecule has 78 valence electrons. The molecule has 0 aliphatic heterocycles. The van der Waals surface area contributed by atoms with E-state index in [1.165, 1.54) is 10.2 Å². The third-order valence-corrected chi connectivity index (χ3v) is 2.71. The monoisotopic (exact) mass is 267 g/mol. The van der Waals surface area contributed by atoms with Crippen LogP contribution >= 0.6 is 15.9 Å². The molecule has 0 aliphatic carbocycles. The van der Waals surface area contributed by atoms with E-state index >= 15 is 0 Å². The van der Waals surface area contributed by atoms with Crippen LogP contribution in [-0.2, 0) is 0 Å². The lowest BCUT2D eigenvalue weighted by Crippen LogP contribution is -2.05. The van der Waals surface area contributed by atoms with E-state index < -0.39 is 0 Å². The van der Waals surface area contributed by atoms with Gasteiger partial charge in [-0.05, 0) is 57.4 Å². The first-order valence-corrected chi connectivity index (χ1v) is 5.20. The van der Waals surface area contributed by atoms with Crippen LogP contribution in [0.4, 0.5) is 5.95 Å². The summed E-state index contributed by atoms with van der Waals surface area (Å²) < 4.78 is 2.44. The maximum atomic E-state index is 5.65. The van der Waals surface area contributed by atoms with Crippen LogP contribution in [0.5, 0.6) is 0 Å². The third kappa shape index (κ3) is 1.72. The fraction of sp³-hybridized carbons (Fsp3) is 0.222. The minimum Gasteiger partial charge on any atom is -0.366 e. The number of rotatable bonds is 1. The standard InChI is InChI=1S/C9H10BrN5/c1-5-3-6(2)8(7(10)4-5)15-9(11)12-13-14-15/h3-4H,1-2H3,(H2,11,12,14). The lowest BCUT2D eigenvalue weighted by atomic mass is 10.1. The zero-order chi connectivity index (χ0) is 11.0. The molecule has 1 aromatic carbocycles. The summed E-state index contributed by atoms with van der Waals surface area (Å²) in [5.41, 5.74) is 8.78. The van der Waals surface area contributed by atoms with Crippen LogP contribution in [0.1, 0.15) is 11.1 Å². The van der Waals surface area contributed by atoms with Gasteiger partial charge in [-0.2, -0.15) is 4.68 Å². The summed E-state index contributed by atoms with van der Waals surface area (Å²) in [5.74, 6) is 0.280. The molecule has 0 amide bonds. The van der Waals surface area contributed by atoms with Crippen molar-refractivity contribution in [3.05, 3.63) is 27.7 Å². The van der Waals surface area contributed by atoms with Gasteiger partial charge in [0, 0.05) is 4.47 Å². The van der Waals surface area contributed by atoms with E-state index in [0.29, 0.717) is 0 Å². The van der Waals surface area contributed by atoms with Crippen molar-refractivity contribution in [1.82, 2.24) is 20.2 Å². The summed E-state index contributed by atoms with van der Waals surface area (Å²) in [5, 5.41) is 11.0. The fourth-order valence-electron chi connectivity index (χ4n) is 1.53. The van der Waals surface area contributed by atoms with E-state index in [9.17, 15) is 0 Å². The summed E-state index contributed by atoms with van der Waals surface area (Å²) in [6.45, 7) is 4.03. The van der Waals surface area contributed by atoms with Gasteiger partial charge in [-0.1, -0.05) is 11.2 Å². The molecule has 2 aromatic rings. The topological polar surface area (TPSA) is 69.6 Å². The Morgan fingerprint density at radius 2 is 2.07 bits per heavy atom. The van der Waals surface area contributed by atoms with Crippen molar-refractivity contribution in [2.45, 2.75) is 13.8 Å². The largest absolute Gasteiger partial charge is 0.366 e. The number of nitrogens with zero attached hydrogens (tertiary/aromatic N) is 4. The fourth-order valence-corrected chi connectivity index (χ4v) is 2.37. The molecular weight excluding hydrogens is 258 g/mol. The minimum absolute atomic E-state index is 0.280. The molecule has 0 saturated heterocycles. The number of benzene rings is 1. The smallest absolute Gasteiger partial charge is 0.245 e. The number of hydrogen-bond acceptors (Lipinski definition) is 4. The molecule has 15 heavy (non-hydrogen) atoms. The van der Waals surface area contributed by atoms with Crippen molar-refractivity contribution in [1.29, 1.82) is 0 Å². The van der Waals surface area contributed by atoms with Gasteiger partial charge in [0.1, 0.15) is 0 Å². The van der Waals surface area contributed by atoms with Gasteiger partial charge >= 0.3 is 0 Å². The van der Waals surface area contributed by atoms with E-state index in [1.807, 2.05) is 19.9 Å². The van der Waals surface area contributed by atoms with Crippen LogP contribution in [0.15, 0.2) is 16.6 Å². The summed E-state index contributed by atoms with van der Waals surface area (Å²) in [4.78, 5) is 0. The molecule has 5 nitrogen and oxygen atoms in total. The number of tetrazole rings is 1. The van der Waals surface area contributed by atoms with Crippen LogP contribution in [0.2, 0.25) is 0 Å². The predicted molar refractivity (Wildman–Crippen MR) is 60.7 cm³/mol. The highest BCUT2D eigenvalue weighted by atomic mass is 79.9. The Morgan fingerprint density at radius 3 is 2.60 bits per heavy atom. The highest BCUT2D eigenvalue weighted by molar-refractivity contribution is 9.10. The second kappa shape index (κ2) is 3.62. The van der Waals surface area contributed by atoms with Crippen LogP contribution in [-0.4, -0.2) is 20.2 Å². The quantitative estimate of drug-likeness (QED) is 0.853. The first-order valence-electron chi connectivity index (χ1n) is 4.40. The maximum absolute atomic E-state index is 5.65. The molecule has 2 rings (SSSR count). The SMILES string of the molecule is Cc1cc(C)c(-n2nnnc2N)c(Br)c1. The molecule has 0 bridgehead atoms.